The van der Waals surface area contributed by atoms with Crippen LogP contribution in [0.15, 0.2) is 36.5 Å². The first-order valence-electron chi connectivity index (χ1n) is 5.67. The smallest absolute Gasteiger partial charge is 0.342 e. The van der Waals surface area contributed by atoms with Gasteiger partial charge in [0, 0.05) is 6.42 Å². The Morgan fingerprint density at radius 2 is 1.76 bits per heavy atom. The molecule has 0 rings (SSSR count). The van der Waals surface area contributed by atoms with Crippen molar-refractivity contribution in [2.75, 3.05) is 6.61 Å². The molecule has 94 valence electrons. The van der Waals surface area contributed by atoms with Gasteiger partial charge in [-0.05, 0) is 11.5 Å². The molecule has 0 radical (unpaired) electrons. The van der Waals surface area contributed by atoms with Gasteiger partial charge in [-0.3, -0.25) is 4.79 Å². The van der Waals surface area contributed by atoms with E-state index >= 15 is 0 Å². The molecule has 0 atom stereocenters. The Kier molecular flexibility index (Phi) is 6.87. The fourth-order valence-electron chi connectivity index (χ4n) is 1.17. The third-order valence-electron chi connectivity index (χ3n) is 2.08. The zero-order chi connectivity index (χ0) is 13.4. The number of ketones is 1. The van der Waals surface area contributed by atoms with Crippen LogP contribution in [0.25, 0.3) is 0 Å². The second-order valence-corrected chi connectivity index (χ2v) is 4.01. The standard InChI is InChI=1S/C14H20O3/c1-6-11(7-2)13(12(15)8-3)14(16)17-9-10(4)5/h6-7,10H,1-2,8-9H2,3-5H3. The van der Waals surface area contributed by atoms with Crippen LogP contribution in [0.5, 0.6) is 0 Å². The first-order valence-corrected chi connectivity index (χ1v) is 5.67. The lowest BCUT2D eigenvalue weighted by atomic mass is 10.0. The molecule has 0 fully saturated rings. The highest BCUT2D eigenvalue weighted by Crippen LogP contribution is 2.13. The summed E-state index contributed by atoms with van der Waals surface area (Å²) in [5.74, 6) is -0.623. The van der Waals surface area contributed by atoms with Gasteiger partial charge >= 0.3 is 5.97 Å². The number of ether oxygens (including phenoxy) is 1. The van der Waals surface area contributed by atoms with Gasteiger partial charge in [0.2, 0.25) is 0 Å². The largest absolute Gasteiger partial charge is 0.462 e. The van der Waals surface area contributed by atoms with Crippen LogP contribution in [0, 0.1) is 5.92 Å². The van der Waals surface area contributed by atoms with E-state index in [1.54, 1.807) is 6.92 Å². The Morgan fingerprint density at radius 1 is 1.24 bits per heavy atom. The van der Waals surface area contributed by atoms with Crippen molar-refractivity contribution in [3.05, 3.63) is 36.5 Å². The molecule has 3 nitrogen and oxygen atoms in total. The SMILES string of the molecule is C=CC(C=C)=C(C(=O)CC)C(=O)OCC(C)C. The van der Waals surface area contributed by atoms with Gasteiger partial charge in [-0.15, -0.1) is 0 Å². The maximum absolute atomic E-state index is 11.8. The second kappa shape index (κ2) is 7.60. The van der Waals surface area contributed by atoms with Crippen molar-refractivity contribution < 1.29 is 14.3 Å². The molecule has 0 aliphatic heterocycles. The summed E-state index contributed by atoms with van der Waals surface area (Å²) in [5.41, 5.74) is 0.462. The third kappa shape index (κ3) is 4.81. The summed E-state index contributed by atoms with van der Waals surface area (Å²) in [4.78, 5) is 23.5. The molecular formula is C14H20O3. The Bertz CT molecular complexity index is 338. The monoisotopic (exact) mass is 236 g/mol. The molecule has 0 spiro atoms. The van der Waals surface area contributed by atoms with Crippen LogP contribution in [-0.2, 0) is 14.3 Å². The topological polar surface area (TPSA) is 43.4 Å². The Morgan fingerprint density at radius 3 is 2.12 bits per heavy atom. The summed E-state index contributed by atoms with van der Waals surface area (Å²) in [6.07, 6.45) is 3.12. The number of hydrogen-bond acceptors (Lipinski definition) is 3. The molecule has 0 saturated heterocycles. The van der Waals surface area contributed by atoms with Crippen molar-refractivity contribution in [2.45, 2.75) is 27.2 Å². The summed E-state index contributed by atoms with van der Waals surface area (Å²) < 4.78 is 5.06. The van der Waals surface area contributed by atoms with Crippen LogP contribution in [0.3, 0.4) is 0 Å². The van der Waals surface area contributed by atoms with Gasteiger partial charge in [-0.25, -0.2) is 4.79 Å². The minimum absolute atomic E-state index is 0.0400. The van der Waals surface area contributed by atoms with Gasteiger partial charge in [0.05, 0.1) is 6.61 Å². The minimum Gasteiger partial charge on any atom is -0.462 e. The lowest BCUT2D eigenvalue weighted by molar-refractivity contribution is -0.141. The molecule has 0 heterocycles. The summed E-state index contributed by atoms with van der Waals surface area (Å²) in [6, 6.07) is 0. The molecule has 0 unspecified atom stereocenters. The zero-order valence-electron chi connectivity index (χ0n) is 10.8. The predicted octanol–water partition coefficient (Wildman–Crippen LogP) is 2.83. The molecule has 17 heavy (non-hydrogen) atoms. The van der Waals surface area contributed by atoms with E-state index in [1.807, 2.05) is 13.8 Å². The number of esters is 1. The summed E-state index contributed by atoms with van der Waals surface area (Å²) >= 11 is 0. The third-order valence-corrected chi connectivity index (χ3v) is 2.08. The van der Waals surface area contributed by atoms with E-state index in [0.717, 1.165) is 0 Å². The number of allylic oxidation sites excluding steroid dienone is 3. The highest BCUT2D eigenvalue weighted by Gasteiger charge is 2.21. The average Bonchev–Trinajstić information content (AvgIpc) is 2.31. The maximum atomic E-state index is 11.8. The van der Waals surface area contributed by atoms with Gasteiger partial charge in [-0.2, -0.15) is 0 Å². The first kappa shape index (κ1) is 15.4. The van der Waals surface area contributed by atoms with E-state index < -0.39 is 5.97 Å². The first-order chi connectivity index (χ1) is 7.97. The van der Waals surface area contributed by atoms with Crippen molar-refractivity contribution in [3.63, 3.8) is 0 Å². The Hall–Kier alpha value is -1.64. The highest BCUT2D eigenvalue weighted by atomic mass is 16.5. The lowest BCUT2D eigenvalue weighted by Crippen LogP contribution is -2.19. The van der Waals surface area contributed by atoms with Crippen LogP contribution < -0.4 is 0 Å². The van der Waals surface area contributed by atoms with Crippen molar-refractivity contribution in [1.29, 1.82) is 0 Å². The molecule has 0 aliphatic rings. The molecule has 0 amide bonds. The number of hydrogen-bond donors (Lipinski definition) is 0. The van der Waals surface area contributed by atoms with E-state index in [-0.39, 0.29) is 23.7 Å². The fourth-order valence-corrected chi connectivity index (χ4v) is 1.17. The Balaban J connectivity index is 5.13. The zero-order valence-corrected chi connectivity index (χ0v) is 10.8. The van der Waals surface area contributed by atoms with Gasteiger partial charge in [0.15, 0.2) is 5.78 Å². The summed E-state index contributed by atoms with van der Waals surface area (Å²) in [7, 11) is 0. The minimum atomic E-state index is -0.597. The van der Waals surface area contributed by atoms with E-state index in [4.69, 9.17) is 4.74 Å². The lowest BCUT2D eigenvalue weighted by Gasteiger charge is -2.10. The Labute approximate surface area is 103 Å². The van der Waals surface area contributed by atoms with Crippen molar-refractivity contribution in [3.8, 4) is 0 Å². The van der Waals surface area contributed by atoms with Crippen molar-refractivity contribution >= 4 is 11.8 Å². The van der Waals surface area contributed by atoms with Gasteiger partial charge in [0.25, 0.3) is 0 Å². The van der Waals surface area contributed by atoms with Gasteiger partial charge < -0.3 is 4.74 Å². The van der Waals surface area contributed by atoms with Gasteiger partial charge in [0.1, 0.15) is 5.57 Å². The fraction of sp³-hybridized carbons (Fsp3) is 0.429. The predicted molar refractivity (Wildman–Crippen MR) is 68.5 cm³/mol. The highest BCUT2D eigenvalue weighted by molar-refractivity contribution is 6.18. The van der Waals surface area contributed by atoms with Crippen LogP contribution in [0.2, 0.25) is 0 Å². The number of rotatable bonds is 7. The summed E-state index contributed by atoms with van der Waals surface area (Å²) in [5, 5.41) is 0. The van der Waals surface area contributed by atoms with Crippen LogP contribution in [0.4, 0.5) is 0 Å². The average molecular weight is 236 g/mol. The van der Waals surface area contributed by atoms with E-state index in [0.29, 0.717) is 12.2 Å². The van der Waals surface area contributed by atoms with E-state index in [2.05, 4.69) is 13.2 Å². The molecule has 0 saturated carbocycles. The van der Waals surface area contributed by atoms with E-state index in [1.165, 1.54) is 12.2 Å². The summed E-state index contributed by atoms with van der Waals surface area (Å²) in [6.45, 7) is 13.0. The van der Waals surface area contributed by atoms with Crippen molar-refractivity contribution in [2.24, 2.45) is 5.92 Å². The molecule has 0 aromatic rings. The normalized spacial score (nSPS) is 9.65. The van der Waals surface area contributed by atoms with Crippen LogP contribution in [0.1, 0.15) is 27.2 Å². The number of carbonyl (C=O) groups is 2. The molecule has 0 bridgehead atoms. The molecule has 0 aromatic carbocycles. The van der Waals surface area contributed by atoms with Crippen LogP contribution in [-0.4, -0.2) is 18.4 Å². The van der Waals surface area contributed by atoms with Crippen LogP contribution >= 0.6 is 0 Å². The molecule has 0 aliphatic carbocycles. The van der Waals surface area contributed by atoms with E-state index in [9.17, 15) is 9.59 Å². The van der Waals surface area contributed by atoms with Crippen molar-refractivity contribution in [1.82, 2.24) is 0 Å². The maximum Gasteiger partial charge on any atom is 0.342 e. The molecule has 0 N–H and O–H groups in total. The molecule has 3 heteroatoms. The number of carbonyl (C=O) groups excluding carboxylic acids is 2. The molecular weight excluding hydrogens is 216 g/mol. The van der Waals surface area contributed by atoms with Gasteiger partial charge in [-0.1, -0.05) is 46.1 Å². The second-order valence-electron chi connectivity index (χ2n) is 4.01. The quantitative estimate of drug-likeness (QED) is 0.224. The molecule has 0 aromatic heterocycles. The number of Topliss-reactive ketones (excluding diaryl/α,β-unsaturated/α-hetero) is 1.